The highest BCUT2D eigenvalue weighted by molar-refractivity contribution is 5.98. The number of nitrogens with zero attached hydrogens (tertiary/aromatic N) is 1. The Morgan fingerprint density at radius 2 is 2.20 bits per heavy atom. The smallest absolute Gasteiger partial charge is 0.254 e. The fraction of sp³-hybridized carbons (Fsp3) is 0.467. The predicted octanol–water partition coefficient (Wildman–Crippen LogP) is 1.01. The van der Waals surface area contributed by atoms with Crippen LogP contribution < -0.4 is 10.6 Å². The maximum atomic E-state index is 12.6. The summed E-state index contributed by atoms with van der Waals surface area (Å²) in [4.78, 5) is 26.2. The first-order chi connectivity index (χ1) is 9.70. The molecule has 3 rings (SSSR count). The molecular weight excluding hydrogens is 254 g/mol. The minimum Gasteiger partial charge on any atom is -0.384 e. The van der Waals surface area contributed by atoms with Crippen LogP contribution in [0.2, 0.25) is 0 Å². The lowest BCUT2D eigenvalue weighted by Gasteiger charge is -2.34. The van der Waals surface area contributed by atoms with Gasteiger partial charge in [0.25, 0.3) is 5.91 Å². The molecule has 0 aromatic heterocycles. The minimum atomic E-state index is -0.345. The van der Waals surface area contributed by atoms with Crippen LogP contribution in [-0.4, -0.2) is 42.4 Å². The molecule has 2 N–H and O–H groups in total. The molecule has 1 atom stereocenters. The van der Waals surface area contributed by atoms with Crippen LogP contribution in [0.1, 0.15) is 29.3 Å². The van der Waals surface area contributed by atoms with Crippen molar-refractivity contribution in [3.8, 4) is 0 Å². The fourth-order valence-electron chi connectivity index (χ4n) is 2.97. The fourth-order valence-corrected chi connectivity index (χ4v) is 2.97. The van der Waals surface area contributed by atoms with Gasteiger partial charge in [-0.25, -0.2) is 0 Å². The normalized spacial score (nSPS) is 21.1. The van der Waals surface area contributed by atoms with Crippen molar-refractivity contribution in [1.82, 2.24) is 10.2 Å². The highest BCUT2D eigenvalue weighted by Crippen LogP contribution is 2.24. The zero-order chi connectivity index (χ0) is 14.1. The van der Waals surface area contributed by atoms with Crippen molar-refractivity contribution in [2.75, 3.05) is 25.0 Å². The molecule has 106 valence electrons. The quantitative estimate of drug-likeness (QED) is 0.845. The van der Waals surface area contributed by atoms with E-state index in [1.54, 1.807) is 4.90 Å². The molecule has 0 aliphatic carbocycles. The summed E-state index contributed by atoms with van der Waals surface area (Å²) in [5.41, 5.74) is 2.98. The van der Waals surface area contributed by atoms with Gasteiger partial charge in [-0.2, -0.15) is 0 Å². The van der Waals surface area contributed by atoms with Crippen LogP contribution in [0.3, 0.4) is 0 Å². The second-order valence-corrected chi connectivity index (χ2v) is 5.26. The maximum absolute atomic E-state index is 12.6. The molecule has 1 fully saturated rings. The molecule has 0 radical (unpaired) electrons. The third kappa shape index (κ3) is 2.13. The van der Waals surface area contributed by atoms with Gasteiger partial charge in [-0.15, -0.1) is 0 Å². The molecule has 2 amide bonds. The molecule has 1 aromatic rings. The summed E-state index contributed by atoms with van der Waals surface area (Å²) in [6.45, 7) is 3.98. The standard InChI is InChI=1S/C15H19N3O2/c1-2-13-14(19)17-7-8-18(13)15(20)11-3-4-12-10(9-11)5-6-16-12/h3-4,9,13,16H,2,5-8H2,1H3,(H,17,19). The van der Waals surface area contributed by atoms with Gasteiger partial charge in [0.2, 0.25) is 5.91 Å². The van der Waals surface area contributed by atoms with Crippen molar-refractivity contribution in [3.05, 3.63) is 29.3 Å². The molecule has 5 heteroatoms. The molecule has 0 saturated carbocycles. The van der Waals surface area contributed by atoms with Crippen LogP contribution in [0.15, 0.2) is 18.2 Å². The Balaban J connectivity index is 1.86. The van der Waals surface area contributed by atoms with Crippen LogP contribution in [0.4, 0.5) is 5.69 Å². The van der Waals surface area contributed by atoms with Crippen molar-refractivity contribution >= 4 is 17.5 Å². The van der Waals surface area contributed by atoms with E-state index in [0.29, 0.717) is 25.1 Å². The number of amides is 2. The lowest BCUT2D eigenvalue weighted by Crippen LogP contribution is -2.56. The first-order valence-electron chi connectivity index (χ1n) is 7.16. The largest absolute Gasteiger partial charge is 0.384 e. The summed E-state index contributed by atoms with van der Waals surface area (Å²) in [6.07, 6.45) is 1.60. The third-order valence-electron chi connectivity index (χ3n) is 4.04. The number of hydrogen-bond acceptors (Lipinski definition) is 3. The molecule has 2 aliphatic heterocycles. The van der Waals surface area contributed by atoms with E-state index in [-0.39, 0.29) is 17.9 Å². The zero-order valence-electron chi connectivity index (χ0n) is 11.6. The van der Waals surface area contributed by atoms with E-state index in [2.05, 4.69) is 10.6 Å². The number of fused-ring (bicyclic) bond motifs is 1. The van der Waals surface area contributed by atoms with Gasteiger partial charge < -0.3 is 15.5 Å². The third-order valence-corrected chi connectivity index (χ3v) is 4.04. The number of benzene rings is 1. The molecule has 2 heterocycles. The second-order valence-electron chi connectivity index (χ2n) is 5.26. The van der Waals surface area contributed by atoms with Crippen LogP contribution in [0.5, 0.6) is 0 Å². The van der Waals surface area contributed by atoms with E-state index in [4.69, 9.17) is 0 Å². The van der Waals surface area contributed by atoms with Crippen molar-refractivity contribution in [1.29, 1.82) is 0 Å². The van der Waals surface area contributed by atoms with Gasteiger partial charge >= 0.3 is 0 Å². The Bertz CT molecular complexity index is 556. The first-order valence-corrected chi connectivity index (χ1v) is 7.16. The number of carbonyl (C=O) groups is 2. The van der Waals surface area contributed by atoms with Crippen LogP contribution in [-0.2, 0) is 11.2 Å². The van der Waals surface area contributed by atoms with Crippen molar-refractivity contribution in [3.63, 3.8) is 0 Å². The Kier molecular flexibility index (Phi) is 3.34. The van der Waals surface area contributed by atoms with Crippen LogP contribution in [0, 0.1) is 0 Å². The highest BCUT2D eigenvalue weighted by atomic mass is 16.2. The molecular formula is C15H19N3O2. The first kappa shape index (κ1) is 13.0. The molecule has 0 bridgehead atoms. The van der Waals surface area contributed by atoms with Crippen molar-refractivity contribution in [2.24, 2.45) is 0 Å². The monoisotopic (exact) mass is 273 g/mol. The number of nitrogens with one attached hydrogen (secondary N) is 2. The van der Waals surface area contributed by atoms with Gasteiger partial charge in [0, 0.05) is 30.9 Å². The number of anilines is 1. The van der Waals surface area contributed by atoms with Gasteiger partial charge in [0.05, 0.1) is 0 Å². The van der Waals surface area contributed by atoms with Gasteiger partial charge in [-0.05, 0) is 36.6 Å². The number of carbonyl (C=O) groups excluding carboxylic acids is 2. The molecule has 1 saturated heterocycles. The molecule has 5 nitrogen and oxygen atoms in total. The molecule has 1 unspecified atom stereocenters. The van der Waals surface area contributed by atoms with Crippen molar-refractivity contribution in [2.45, 2.75) is 25.8 Å². The van der Waals surface area contributed by atoms with Crippen molar-refractivity contribution < 1.29 is 9.59 Å². The van der Waals surface area contributed by atoms with Crippen LogP contribution in [0.25, 0.3) is 0 Å². The zero-order valence-corrected chi connectivity index (χ0v) is 11.6. The minimum absolute atomic E-state index is 0.0404. The topological polar surface area (TPSA) is 61.4 Å². The Hall–Kier alpha value is -2.04. The second kappa shape index (κ2) is 5.15. The van der Waals surface area contributed by atoms with E-state index < -0.39 is 0 Å². The maximum Gasteiger partial charge on any atom is 0.254 e. The lowest BCUT2D eigenvalue weighted by molar-refractivity contribution is -0.127. The van der Waals surface area contributed by atoms with Gasteiger partial charge in [0.1, 0.15) is 6.04 Å². The Morgan fingerprint density at radius 3 is 3.00 bits per heavy atom. The van der Waals surface area contributed by atoms with E-state index in [9.17, 15) is 9.59 Å². The summed E-state index contributed by atoms with van der Waals surface area (Å²) in [6, 6.07) is 5.42. The SMILES string of the molecule is CCC1C(=O)NCCN1C(=O)c1ccc2c(c1)CCN2. The van der Waals surface area contributed by atoms with Gasteiger partial charge in [-0.1, -0.05) is 6.92 Å². The number of piperazine rings is 1. The predicted molar refractivity (Wildman–Crippen MR) is 76.8 cm³/mol. The van der Waals surface area contributed by atoms with E-state index in [1.165, 1.54) is 5.56 Å². The van der Waals surface area contributed by atoms with E-state index >= 15 is 0 Å². The number of hydrogen-bond donors (Lipinski definition) is 2. The van der Waals surface area contributed by atoms with Gasteiger partial charge in [-0.3, -0.25) is 9.59 Å². The summed E-state index contributed by atoms with van der Waals surface area (Å²) >= 11 is 0. The Morgan fingerprint density at radius 1 is 1.35 bits per heavy atom. The summed E-state index contributed by atoms with van der Waals surface area (Å²) in [5, 5.41) is 6.10. The lowest BCUT2D eigenvalue weighted by atomic mass is 10.0. The average Bonchev–Trinajstić information content (AvgIpc) is 2.93. The summed E-state index contributed by atoms with van der Waals surface area (Å²) in [7, 11) is 0. The molecule has 20 heavy (non-hydrogen) atoms. The Labute approximate surface area is 118 Å². The van der Waals surface area contributed by atoms with E-state index in [0.717, 1.165) is 18.7 Å². The summed E-state index contributed by atoms with van der Waals surface area (Å²) < 4.78 is 0. The summed E-state index contributed by atoms with van der Waals surface area (Å²) in [5.74, 6) is -0.0867. The average molecular weight is 273 g/mol. The van der Waals surface area contributed by atoms with Gasteiger partial charge in [0.15, 0.2) is 0 Å². The van der Waals surface area contributed by atoms with E-state index in [1.807, 2.05) is 25.1 Å². The van der Waals surface area contributed by atoms with Crippen LogP contribution >= 0.6 is 0 Å². The molecule has 0 spiro atoms. The molecule has 2 aliphatic rings. The number of rotatable bonds is 2. The molecule has 1 aromatic carbocycles. The highest BCUT2D eigenvalue weighted by Gasteiger charge is 2.32.